The quantitative estimate of drug-likeness (QED) is 0.00828. The van der Waals surface area contributed by atoms with Crippen LogP contribution in [0.2, 0.25) is 25.7 Å². The van der Waals surface area contributed by atoms with Gasteiger partial charge in [0.25, 0.3) is 0 Å². The number of ether oxygens (including phenoxy) is 2. The number of amides is 7. The number of hydrogen-bond acceptors (Lipinski definition) is 16. The van der Waals surface area contributed by atoms with Crippen LogP contribution in [0.4, 0.5) is 26.3 Å². The molecule has 73 heavy (non-hydrogen) atoms. The number of aliphatic imine (C=N–C) groups is 1. The van der Waals surface area contributed by atoms with Crippen LogP contribution in [0, 0.1) is 11.8 Å². The van der Waals surface area contributed by atoms with Crippen LogP contribution in [0.5, 0.6) is 0 Å². The van der Waals surface area contributed by atoms with E-state index in [1.807, 2.05) is 25.0 Å². The van der Waals surface area contributed by atoms with Crippen molar-refractivity contribution in [3.63, 3.8) is 0 Å². The fourth-order valence-electron chi connectivity index (χ4n) is 5.94. The summed E-state index contributed by atoms with van der Waals surface area (Å²) in [5, 5.41) is 45.3. The number of aliphatic hydroxyl groups is 2. The summed E-state index contributed by atoms with van der Waals surface area (Å²) < 4.78 is 83.9. The lowest BCUT2D eigenvalue weighted by Gasteiger charge is -2.31. The van der Waals surface area contributed by atoms with Crippen LogP contribution in [-0.4, -0.2) is 182 Å². The number of esters is 2. The fraction of sp³-hybridized carbons (Fsp3) is 0.725. The maximum Gasteiger partial charge on any atom is 0.490 e. The number of rotatable bonds is 30. The zero-order valence-corrected chi connectivity index (χ0v) is 42.2. The summed E-state index contributed by atoms with van der Waals surface area (Å²) in [7, 11) is -2.18. The van der Waals surface area contributed by atoms with Gasteiger partial charge in [-0.25, -0.2) is 14.4 Å². The van der Waals surface area contributed by atoms with Gasteiger partial charge in [-0.1, -0.05) is 53.8 Å². The van der Waals surface area contributed by atoms with Crippen molar-refractivity contribution in [2.24, 2.45) is 34.0 Å². The first-order valence-electron chi connectivity index (χ1n) is 22.3. The molecular weight excluding hydrogens is 1020 g/mol. The summed E-state index contributed by atoms with van der Waals surface area (Å²) >= 11 is 0. The highest BCUT2D eigenvalue weighted by molar-refractivity contribution is 6.76. The number of carbonyl (C=O) groups excluding carboxylic acids is 9. The van der Waals surface area contributed by atoms with Crippen LogP contribution in [0.3, 0.4) is 0 Å². The van der Waals surface area contributed by atoms with Crippen LogP contribution in [-0.2, 0) is 57.4 Å². The zero-order chi connectivity index (χ0) is 56.9. The molecule has 0 aliphatic heterocycles. The van der Waals surface area contributed by atoms with E-state index in [2.05, 4.69) is 35.7 Å². The van der Waals surface area contributed by atoms with E-state index in [1.54, 1.807) is 26.1 Å². The van der Waals surface area contributed by atoms with Crippen LogP contribution < -0.4 is 54.4 Å². The Morgan fingerprint density at radius 1 is 0.644 bits per heavy atom. The smallest absolute Gasteiger partial charge is 0.480 e. The molecule has 0 aromatic carbocycles. The molecule has 0 aromatic heterocycles. The summed E-state index contributed by atoms with van der Waals surface area (Å²) in [6.07, 6.45) is -14.2. The van der Waals surface area contributed by atoms with Gasteiger partial charge in [-0.15, -0.1) is 0 Å². The predicted molar refractivity (Wildman–Crippen MR) is 244 cm³/mol. The van der Waals surface area contributed by atoms with Crippen molar-refractivity contribution in [3.8, 4) is 0 Å². The molecule has 0 saturated carbocycles. The fourth-order valence-corrected chi connectivity index (χ4v) is 7.45. The number of carboxylic acid groups (broad SMARTS) is 1. The molecule has 16 N–H and O–H groups in total. The number of carbonyl (C=O) groups is 10. The van der Waals surface area contributed by atoms with E-state index >= 15 is 0 Å². The molecule has 0 saturated heterocycles. The number of guanidine groups is 1. The summed E-state index contributed by atoms with van der Waals surface area (Å²) in [6, 6.07) is -12.4. The lowest BCUT2D eigenvalue weighted by Crippen LogP contribution is -2.62. The number of alkyl halides is 6. The molecule has 0 aliphatic carbocycles. The van der Waals surface area contributed by atoms with E-state index in [-0.39, 0.29) is 37.8 Å². The summed E-state index contributed by atoms with van der Waals surface area (Å²) in [5.41, 5.74) is 16.8. The molecule has 0 rings (SSSR count). The molecule has 10 atom stereocenters. The highest BCUT2D eigenvalue weighted by Crippen LogP contribution is 2.19. The van der Waals surface area contributed by atoms with Crippen molar-refractivity contribution in [1.82, 2.24) is 37.2 Å². The van der Waals surface area contributed by atoms with Crippen molar-refractivity contribution in [2.45, 2.75) is 146 Å². The van der Waals surface area contributed by atoms with Gasteiger partial charge >= 0.3 is 30.3 Å². The van der Waals surface area contributed by atoms with Gasteiger partial charge in [0.05, 0.1) is 18.8 Å². The SMILES string of the molecule is CC[C@H](C)[C@H](NC(=O)[C@@H](CCCN=C(N)N)NC(=O)[C@H](C[Si](C)(C)C)NC(=O)[C@@H](N)[C@H](O)C(C)C)C(=O)N[C@H](C(=O)NCC(=O)N[C@@H](COC(=O)C(F)(F)F)C(=O)N[C@@H](COC(=O)C(F)(F)F)C(=O)O)[C@H](C)O. The second-order valence-corrected chi connectivity index (χ2v) is 23.7. The van der Waals surface area contributed by atoms with Gasteiger partial charge < -0.3 is 79.2 Å². The van der Waals surface area contributed by atoms with Gasteiger partial charge in [-0.3, -0.25) is 38.6 Å². The average molecular weight is 1080 g/mol. The standard InChI is InChI=1S/C40H67F6N11O15Si/c1-9-18(4)26(56-29(61)20(11-10-12-50-38(48)49)53-31(63)23(16-73(6,7)8)55-32(64)25(47)28(60)17(2)3)34(66)57-27(19(5)58)33(65)51-13-24(59)52-21(14-71-36(69)39(41,42)43)30(62)54-22(35(67)68)15-72-37(70)40(44,45)46/h17-23,25-28,58,60H,9-16,47H2,1-8H3,(H,51,65)(H,52,59)(H,53,63)(H,54,62)(H,55,64)(H,56,61)(H,57,66)(H,67,68)(H4,48,49,50)/t18-,19-,20+,21-,22-,23-,25-,26-,27-,28+/m0/s1. The maximum atomic E-state index is 14.0. The minimum Gasteiger partial charge on any atom is -0.480 e. The van der Waals surface area contributed by atoms with E-state index in [0.29, 0.717) is 0 Å². The minimum absolute atomic E-state index is 0.0189. The van der Waals surface area contributed by atoms with E-state index in [9.17, 15) is 89.6 Å². The summed E-state index contributed by atoms with van der Waals surface area (Å²) in [6.45, 7) is 8.46. The summed E-state index contributed by atoms with van der Waals surface area (Å²) in [4.78, 5) is 132. The van der Waals surface area contributed by atoms with Crippen molar-refractivity contribution in [1.29, 1.82) is 0 Å². The zero-order valence-electron chi connectivity index (χ0n) is 41.2. The molecular formula is C40H67F6N11O15Si. The molecule has 0 fully saturated rings. The first-order valence-corrected chi connectivity index (χ1v) is 26.0. The number of aliphatic hydroxyl groups excluding tert-OH is 2. The number of nitrogens with one attached hydrogen (secondary N) is 7. The van der Waals surface area contributed by atoms with E-state index < -0.39 is 166 Å². The normalized spacial score (nSPS) is 15.9. The van der Waals surface area contributed by atoms with Crippen molar-refractivity contribution in [2.75, 3.05) is 26.3 Å². The predicted octanol–water partition coefficient (Wildman–Crippen LogP) is -3.53. The van der Waals surface area contributed by atoms with Gasteiger partial charge in [0.2, 0.25) is 41.4 Å². The molecule has 33 heteroatoms. The van der Waals surface area contributed by atoms with Gasteiger partial charge in [-0.05, 0) is 37.6 Å². The lowest BCUT2D eigenvalue weighted by molar-refractivity contribution is -0.201. The number of carboxylic acids is 1. The lowest BCUT2D eigenvalue weighted by atomic mass is 9.96. The molecule has 0 heterocycles. The van der Waals surface area contributed by atoms with Gasteiger partial charge in [0.1, 0.15) is 49.5 Å². The van der Waals surface area contributed by atoms with Crippen molar-refractivity contribution in [3.05, 3.63) is 0 Å². The number of aliphatic carboxylic acids is 1. The molecule has 0 spiro atoms. The second kappa shape index (κ2) is 30.0. The highest BCUT2D eigenvalue weighted by Gasteiger charge is 2.44. The van der Waals surface area contributed by atoms with Crippen LogP contribution >= 0.6 is 0 Å². The number of hydrogen-bond donors (Lipinski definition) is 13. The van der Waals surface area contributed by atoms with E-state index in [4.69, 9.17) is 17.2 Å². The largest absolute Gasteiger partial charge is 0.490 e. The second-order valence-electron chi connectivity index (χ2n) is 18.1. The molecule has 0 bridgehead atoms. The maximum absolute atomic E-state index is 14.0. The Labute approximate surface area is 415 Å². The number of halogens is 6. The highest BCUT2D eigenvalue weighted by atomic mass is 28.3. The van der Waals surface area contributed by atoms with Crippen LogP contribution in [0.25, 0.3) is 0 Å². The first kappa shape index (κ1) is 66.6. The Bertz CT molecular complexity index is 1970. The third kappa shape index (κ3) is 25.2. The number of nitrogens with two attached hydrogens (primary N) is 3. The molecule has 7 amide bonds. The van der Waals surface area contributed by atoms with Crippen LogP contribution in [0.15, 0.2) is 4.99 Å². The molecule has 0 radical (unpaired) electrons. The van der Waals surface area contributed by atoms with Gasteiger partial charge in [0, 0.05) is 14.6 Å². The Hall–Kier alpha value is -6.35. The Morgan fingerprint density at radius 2 is 1.11 bits per heavy atom. The average Bonchev–Trinajstić information content (AvgIpc) is 3.26. The summed E-state index contributed by atoms with van der Waals surface area (Å²) in [5.74, 6) is -17.8. The molecule has 0 aromatic rings. The molecule has 26 nitrogen and oxygen atoms in total. The topological polar surface area (TPSA) is 424 Å². The third-order valence-electron chi connectivity index (χ3n) is 10.2. The van der Waals surface area contributed by atoms with Crippen molar-refractivity contribution < 1.29 is 99.1 Å². The van der Waals surface area contributed by atoms with E-state index in [1.165, 1.54) is 12.2 Å². The first-order chi connectivity index (χ1) is 33.3. The third-order valence-corrected chi connectivity index (χ3v) is 11.8. The van der Waals surface area contributed by atoms with Gasteiger partial charge in [0.15, 0.2) is 12.0 Å². The Morgan fingerprint density at radius 3 is 1.56 bits per heavy atom. The molecule has 0 unspecified atom stereocenters. The van der Waals surface area contributed by atoms with Gasteiger partial charge in [-0.2, -0.15) is 26.3 Å². The minimum atomic E-state index is -5.66. The Balaban J connectivity index is 6.51. The van der Waals surface area contributed by atoms with Crippen LogP contribution in [0.1, 0.15) is 53.9 Å². The molecule has 0 aliphatic rings. The molecule has 418 valence electrons. The number of nitrogens with zero attached hydrogens (tertiary/aromatic N) is 1. The van der Waals surface area contributed by atoms with Crippen molar-refractivity contribution >= 4 is 73.3 Å². The van der Waals surface area contributed by atoms with E-state index in [0.717, 1.165) is 6.92 Å². The Kier molecular flexibility index (Phi) is 27.4. The monoisotopic (exact) mass is 1080 g/mol.